The van der Waals surface area contributed by atoms with Crippen LogP contribution in [0.2, 0.25) is 0 Å². The van der Waals surface area contributed by atoms with Gasteiger partial charge < -0.3 is 10.0 Å². The van der Waals surface area contributed by atoms with Gasteiger partial charge in [-0.15, -0.1) is 0 Å². The molecular formula is C12H11N3O3. The highest BCUT2D eigenvalue weighted by Crippen LogP contribution is 2.32. The quantitative estimate of drug-likeness (QED) is 0.696. The summed E-state index contributed by atoms with van der Waals surface area (Å²) < 4.78 is 0. The molecule has 1 atom stereocenters. The van der Waals surface area contributed by atoms with Crippen LogP contribution < -0.4 is 5.32 Å². The zero-order valence-electron chi connectivity index (χ0n) is 9.46. The van der Waals surface area contributed by atoms with Gasteiger partial charge in [0.05, 0.1) is 25.0 Å². The third-order valence-electron chi connectivity index (χ3n) is 3.16. The number of carbonyl (C=O) groups excluding carboxylic acids is 2. The Morgan fingerprint density at radius 3 is 2.94 bits per heavy atom. The van der Waals surface area contributed by atoms with Crippen LogP contribution in [0.1, 0.15) is 12.0 Å². The van der Waals surface area contributed by atoms with Gasteiger partial charge in [-0.25, -0.2) is 4.99 Å². The summed E-state index contributed by atoms with van der Waals surface area (Å²) in [5.41, 5.74) is 1.36. The van der Waals surface area contributed by atoms with Crippen molar-refractivity contribution in [1.29, 1.82) is 0 Å². The summed E-state index contributed by atoms with van der Waals surface area (Å²) >= 11 is 0. The molecule has 6 nitrogen and oxygen atoms in total. The average molecular weight is 245 g/mol. The molecule has 2 aliphatic rings. The molecule has 3 rings (SSSR count). The molecule has 1 aromatic rings. The number of phenolic OH excluding ortho intramolecular Hbond substituents is 1. The van der Waals surface area contributed by atoms with Crippen LogP contribution in [0.3, 0.4) is 0 Å². The molecule has 6 heteroatoms. The molecule has 1 unspecified atom stereocenters. The Kier molecular flexibility index (Phi) is 2.29. The number of rotatable bonds is 1. The normalized spacial score (nSPS) is 22.0. The standard InChI is InChI=1S/C12H11N3O3/c16-10-3-1-2-8-7(10)5-15(6-13-8)9-4-11(17)14-12(9)18/h1-3,6,9,16H,4-5H2,(H,14,17,18). The first kappa shape index (κ1) is 10.8. The molecule has 0 aromatic heterocycles. The molecule has 0 aliphatic carbocycles. The molecule has 0 spiro atoms. The number of aromatic hydroxyl groups is 1. The fourth-order valence-corrected chi connectivity index (χ4v) is 2.20. The Labute approximate surface area is 103 Å². The van der Waals surface area contributed by atoms with E-state index in [1.165, 1.54) is 0 Å². The van der Waals surface area contributed by atoms with Crippen molar-refractivity contribution in [2.45, 2.75) is 19.0 Å². The summed E-state index contributed by atoms with van der Waals surface area (Å²) in [7, 11) is 0. The first-order chi connectivity index (χ1) is 8.65. The molecule has 2 amide bonds. The number of benzene rings is 1. The molecule has 2 aliphatic heterocycles. The lowest BCUT2D eigenvalue weighted by Gasteiger charge is -2.28. The number of phenols is 1. The van der Waals surface area contributed by atoms with Crippen LogP contribution in [0.25, 0.3) is 0 Å². The number of nitrogens with one attached hydrogen (secondary N) is 1. The van der Waals surface area contributed by atoms with Crippen LogP contribution in [0.4, 0.5) is 5.69 Å². The average Bonchev–Trinajstić information content (AvgIpc) is 2.69. The second kappa shape index (κ2) is 3.83. The van der Waals surface area contributed by atoms with E-state index in [1.807, 2.05) is 0 Å². The van der Waals surface area contributed by atoms with Crippen molar-refractivity contribution in [2.24, 2.45) is 4.99 Å². The third-order valence-corrected chi connectivity index (χ3v) is 3.16. The molecule has 92 valence electrons. The predicted molar refractivity (Wildman–Crippen MR) is 63.4 cm³/mol. The van der Waals surface area contributed by atoms with Gasteiger partial charge in [-0.3, -0.25) is 14.9 Å². The number of carbonyl (C=O) groups is 2. The van der Waals surface area contributed by atoms with Gasteiger partial charge in [0, 0.05) is 5.56 Å². The highest BCUT2D eigenvalue weighted by Gasteiger charge is 2.35. The van der Waals surface area contributed by atoms with Gasteiger partial charge in [-0.05, 0) is 12.1 Å². The van der Waals surface area contributed by atoms with Crippen molar-refractivity contribution < 1.29 is 14.7 Å². The van der Waals surface area contributed by atoms with Gasteiger partial charge in [0.1, 0.15) is 11.8 Å². The van der Waals surface area contributed by atoms with E-state index in [-0.39, 0.29) is 24.0 Å². The SMILES string of the molecule is O=C1CC(N2C=Nc3cccc(O)c3C2)C(=O)N1. The number of aliphatic imine (C=N–C) groups is 1. The van der Waals surface area contributed by atoms with E-state index in [0.717, 1.165) is 0 Å². The Morgan fingerprint density at radius 2 is 2.22 bits per heavy atom. The van der Waals surface area contributed by atoms with Gasteiger partial charge in [0.15, 0.2) is 0 Å². The topological polar surface area (TPSA) is 82.0 Å². The first-order valence-corrected chi connectivity index (χ1v) is 5.59. The Hall–Kier alpha value is -2.37. The highest BCUT2D eigenvalue weighted by molar-refractivity contribution is 6.06. The van der Waals surface area contributed by atoms with Crippen molar-refractivity contribution >= 4 is 23.8 Å². The molecule has 2 N–H and O–H groups in total. The second-order valence-electron chi connectivity index (χ2n) is 4.32. The number of fused-ring (bicyclic) bond motifs is 1. The fourth-order valence-electron chi connectivity index (χ4n) is 2.20. The van der Waals surface area contributed by atoms with E-state index in [2.05, 4.69) is 10.3 Å². The molecule has 18 heavy (non-hydrogen) atoms. The van der Waals surface area contributed by atoms with Crippen LogP contribution in [0.15, 0.2) is 23.2 Å². The Morgan fingerprint density at radius 1 is 1.39 bits per heavy atom. The monoisotopic (exact) mass is 245 g/mol. The van der Waals surface area contributed by atoms with Gasteiger partial charge in [0.25, 0.3) is 0 Å². The van der Waals surface area contributed by atoms with E-state index in [0.29, 0.717) is 17.8 Å². The highest BCUT2D eigenvalue weighted by atomic mass is 16.3. The van der Waals surface area contributed by atoms with Gasteiger partial charge in [-0.2, -0.15) is 0 Å². The van der Waals surface area contributed by atoms with E-state index < -0.39 is 6.04 Å². The van der Waals surface area contributed by atoms with E-state index in [9.17, 15) is 14.7 Å². The lowest BCUT2D eigenvalue weighted by Crippen LogP contribution is -2.40. The van der Waals surface area contributed by atoms with Gasteiger partial charge in [-0.1, -0.05) is 6.07 Å². The maximum atomic E-state index is 11.6. The molecule has 1 fully saturated rings. The molecule has 0 bridgehead atoms. The fraction of sp³-hybridized carbons (Fsp3) is 0.250. The van der Waals surface area contributed by atoms with E-state index in [1.54, 1.807) is 29.4 Å². The van der Waals surface area contributed by atoms with Crippen molar-refractivity contribution in [3.63, 3.8) is 0 Å². The zero-order valence-corrected chi connectivity index (χ0v) is 9.46. The first-order valence-electron chi connectivity index (χ1n) is 5.59. The molecule has 0 radical (unpaired) electrons. The second-order valence-corrected chi connectivity index (χ2v) is 4.32. The predicted octanol–water partition coefficient (Wildman–Crippen LogP) is 0.283. The molecule has 2 heterocycles. The number of hydrogen-bond donors (Lipinski definition) is 2. The summed E-state index contributed by atoms with van der Waals surface area (Å²) in [5.74, 6) is -0.439. The van der Waals surface area contributed by atoms with Crippen molar-refractivity contribution in [1.82, 2.24) is 10.2 Å². The Balaban J connectivity index is 1.89. The van der Waals surface area contributed by atoms with Crippen LogP contribution in [-0.4, -0.2) is 34.2 Å². The van der Waals surface area contributed by atoms with Crippen molar-refractivity contribution in [2.75, 3.05) is 0 Å². The van der Waals surface area contributed by atoms with Crippen LogP contribution in [0, 0.1) is 0 Å². The molecule has 1 aromatic carbocycles. The summed E-state index contributed by atoms with van der Waals surface area (Å²) in [4.78, 5) is 28.6. The maximum Gasteiger partial charge on any atom is 0.249 e. The van der Waals surface area contributed by atoms with Gasteiger partial charge in [0.2, 0.25) is 11.8 Å². The largest absolute Gasteiger partial charge is 0.508 e. The molecular weight excluding hydrogens is 234 g/mol. The molecule has 0 saturated carbocycles. The minimum atomic E-state index is -0.533. The van der Waals surface area contributed by atoms with Crippen LogP contribution >= 0.6 is 0 Å². The van der Waals surface area contributed by atoms with Crippen molar-refractivity contribution in [3.8, 4) is 5.75 Å². The zero-order chi connectivity index (χ0) is 12.7. The minimum absolute atomic E-state index is 0.133. The number of nitrogens with zero attached hydrogens (tertiary/aromatic N) is 2. The Bertz CT molecular complexity index is 568. The summed E-state index contributed by atoms with van der Waals surface area (Å²) in [6.45, 7) is 0.372. The number of hydrogen-bond acceptors (Lipinski definition) is 5. The number of imide groups is 1. The van der Waals surface area contributed by atoms with Crippen LogP contribution in [0.5, 0.6) is 5.75 Å². The minimum Gasteiger partial charge on any atom is -0.508 e. The van der Waals surface area contributed by atoms with Crippen LogP contribution in [-0.2, 0) is 16.1 Å². The third kappa shape index (κ3) is 1.62. The summed E-state index contributed by atoms with van der Waals surface area (Å²) in [6.07, 6.45) is 1.68. The summed E-state index contributed by atoms with van der Waals surface area (Å²) in [6, 6.07) is 4.56. The smallest absolute Gasteiger partial charge is 0.249 e. The van der Waals surface area contributed by atoms with Gasteiger partial charge >= 0.3 is 0 Å². The lowest BCUT2D eigenvalue weighted by atomic mass is 10.1. The molecule has 1 saturated heterocycles. The maximum absolute atomic E-state index is 11.6. The van der Waals surface area contributed by atoms with E-state index in [4.69, 9.17) is 0 Å². The number of amides is 2. The lowest BCUT2D eigenvalue weighted by molar-refractivity contribution is -0.125. The van der Waals surface area contributed by atoms with E-state index >= 15 is 0 Å². The summed E-state index contributed by atoms with van der Waals surface area (Å²) in [5, 5.41) is 12.0. The van der Waals surface area contributed by atoms with Crippen molar-refractivity contribution in [3.05, 3.63) is 23.8 Å².